The lowest BCUT2D eigenvalue weighted by Crippen LogP contribution is -2.51. The lowest BCUT2D eigenvalue weighted by molar-refractivity contribution is 0.0709. The third-order valence-electron chi connectivity index (χ3n) is 2.82. The standard InChI is InChI=1S/C12H14BrFN2O/c1-8-7-16(5-4-15-8)12(17)9-2-3-11(14)10(13)6-9/h2-3,6,8,15H,4-5,7H2,1H3/t8-/m1/s1. The van der Waals surface area contributed by atoms with Crippen molar-refractivity contribution in [2.75, 3.05) is 19.6 Å². The second-order valence-electron chi connectivity index (χ2n) is 4.24. The predicted molar refractivity (Wildman–Crippen MR) is 67.5 cm³/mol. The molecule has 1 heterocycles. The van der Waals surface area contributed by atoms with E-state index in [9.17, 15) is 9.18 Å². The van der Waals surface area contributed by atoms with Crippen molar-refractivity contribution >= 4 is 21.8 Å². The van der Waals surface area contributed by atoms with Gasteiger partial charge in [-0.25, -0.2) is 4.39 Å². The third-order valence-corrected chi connectivity index (χ3v) is 3.43. The zero-order chi connectivity index (χ0) is 12.4. The number of rotatable bonds is 1. The van der Waals surface area contributed by atoms with Crippen LogP contribution in [0.5, 0.6) is 0 Å². The Morgan fingerprint density at radius 1 is 1.59 bits per heavy atom. The van der Waals surface area contributed by atoms with Gasteiger partial charge in [-0.2, -0.15) is 0 Å². The van der Waals surface area contributed by atoms with Crippen molar-refractivity contribution < 1.29 is 9.18 Å². The van der Waals surface area contributed by atoms with Gasteiger partial charge in [0.2, 0.25) is 0 Å². The van der Waals surface area contributed by atoms with Gasteiger partial charge in [0.25, 0.3) is 5.91 Å². The number of piperazine rings is 1. The van der Waals surface area contributed by atoms with E-state index in [1.165, 1.54) is 18.2 Å². The summed E-state index contributed by atoms with van der Waals surface area (Å²) in [5.74, 6) is -0.394. The highest BCUT2D eigenvalue weighted by Gasteiger charge is 2.21. The van der Waals surface area contributed by atoms with Crippen molar-refractivity contribution in [2.45, 2.75) is 13.0 Å². The van der Waals surface area contributed by atoms with Crippen LogP contribution < -0.4 is 5.32 Å². The molecule has 1 fully saturated rings. The molecule has 0 saturated carbocycles. The average Bonchev–Trinajstić information content (AvgIpc) is 2.32. The minimum absolute atomic E-state index is 0.0425. The topological polar surface area (TPSA) is 32.3 Å². The van der Waals surface area contributed by atoms with Crippen molar-refractivity contribution in [3.05, 3.63) is 34.1 Å². The Morgan fingerprint density at radius 2 is 2.35 bits per heavy atom. The number of halogens is 2. The van der Waals surface area contributed by atoms with Crippen LogP contribution in [0.15, 0.2) is 22.7 Å². The molecule has 1 atom stereocenters. The van der Waals surface area contributed by atoms with E-state index in [1.807, 2.05) is 6.92 Å². The molecule has 1 N–H and O–H groups in total. The summed E-state index contributed by atoms with van der Waals surface area (Å²) in [7, 11) is 0. The van der Waals surface area contributed by atoms with Crippen LogP contribution in [0.4, 0.5) is 4.39 Å². The summed E-state index contributed by atoms with van der Waals surface area (Å²) in [5.41, 5.74) is 0.521. The van der Waals surface area contributed by atoms with E-state index < -0.39 is 0 Å². The van der Waals surface area contributed by atoms with Crippen molar-refractivity contribution in [1.82, 2.24) is 10.2 Å². The quantitative estimate of drug-likeness (QED) is 0.861. The zero-order valence-corrected chi connectivity index (χ0v) is 11.1. The summed E-state index contributed by atoms with van der Waals surface area (Å²) < 4.78 is 13.4. The largest absolute Gasteiger partial charge is 0.336 e. The van der Waals surface area contributed by atoms with Gasteiger partial charge in [0.05, 0.1) is 4.47 Å². The van der Waals surface area contributed by atoms with Gasteiger partial charge >= 0.3 is 0 Å². The molecule has 1 aromatic rings. The Hall–Kier alpha value is -0.940. The van der Waals surface area contributed by atoms with Crippen LogP contribution in [-0.2, 0) is 0 Å². The smallest absolute Gasteiger partial charge is 0.253 e. The summed E-state index contributed by atoms with van der Waals surface area (Å²) in [6.07, 6.45) is 0. The van der Waals surface area contributed by atoms with Gasteiger partial charge < -0.3 is 10.2 Å². The van der Waals surface area contributed by atoms with E-state index in [-0.39, 0.29) is 11.7 Å². The Morgan fingerprint density at radius 3 is 3.00 bits per heavy atom. The number of carbonyl (C=O) groups excluding carboxylic acids is 1. The minimum Gasteiger partial charge on any atom is -0.336 e. The first-order valence-electron chi connectivity index (χ1n) is 5.55. The lowest BCUT2D eigenvalue weighted by Gasteiger charge is -2.32. The fourth-order valence-electron chi connectivity index (χ4n) is 1.93. The second-order valence-corrected chi connectivity index (χ2v) is 5.09. The molecule has 5 heteroatoms. The molecule has 0 aliphatic carbocycles. The molecule has 1 saturated heterocycles. The molecule has 92 valence electrons. The Labute approximate surface area is 108 Å². The Bertz CT molecular complexity index is 439. The number of nitrogens with one attached hydrogen (secondary N) is 1. The molecule has 0 radical (unpaired) electrons. The van der Waals surface area contributed by atoms with Crippen LogP contribution >= 0.6 is 15.9 Å². The molecule has 0 spiro atoms. The van der Waals surface area contributed by atoms with Gasteiger partial charge in [0.15, 0.2) is 0 Å². The maximum atomic E-state index is 13.1. The second kappa shape index (κ2) is 5.14. The van der Waals surface area contributed by atoms with Gasteiger partial charge in [-0.15, -0.1) is 0 Å². The van der Waals surface area contributed by atoms with Gasteiger partial charge in [-0.3, -0.25) is 4.79 Å². The summed E-state index contributed by atoms with van der Waals surface area (Å²) >= 11 is 3.09. The van der Waals surface area contributed by atoms with E-state index in [0.717, 1.165) is 6.54 Å². The highest BCUT2D eigenvalue weighted by atomic mass is 79.9. The number of benzene rings is 1. The highest BCUT2D eigenvalue weighted by Crippen LogP contribution is 2.18. The summed E-state index contributed by atoms with van der Waals surface area (Å²) in [5, 5.41) is 3.28. The molecule has 1 amide bonds. The monoisotopic (exact) mass is 300 g/mol. The van der Waals surface area contributed by atoms with Crippen LogP contribution in [0.2, 0.25) is 0 Å². The third kappa shape index (κ3) is 2.84. The molecular weight excluding hydrogens is 287 g/mol. The molecule has 0 bridgehead atoms. The first kappa shape index (κ1) is 12.5. The number of hydrogen-bond acceptors (Lipinski definition) is 2. The number of hydrogen-bond donors (Lipinski definition) is 1. The van der Waals surface area contributed by atoms with E-state index in [4.69, 9.17) is 0 Å². The van der Waals surface area contributed by atoms with Crippen LogP contribution in [-0.4, -0.2) is 36.5 Å². The van der Waals surface area contributed by atoms with Crippen molar-refractivity contribution in [1.29, 1.82) is 0 Å². The number of amides is 1. The van der Waals surface area contributed by atoms with E-state index in [0.29, 0.717) is 29.2 Å². The van der Waals surface area contributed by atoms with Gasteiger partial charge in [0.1, 0.15) is 5.82 Å². The van der Waals surface area contributed by atoms with Gasteiger partial charge in [-0.1, -0.05) is 0 Å². The highest BCUT2D eigenvalue weighted by molar-refractivity contribution is 9.10. The normalized spacial score (nSPS) is 20.4. The van der Waals surface area contributed by atoms with Crippen LogP contribution in [0.1, 0.15) is 17.3 Å². The molecule has 1 aromatic carbocycles. The fourth-order valence-corrected chi connectivity index (χ4v) is 2.31. The molecule has 2 rings (SSSR count). The predicted octanol–water partition coefficient (Wildman–Crippen LogP) is 2.02. The van der Waals surface area contributed by atoms with Gasteiger partial charge in [-0.05, 0) is 41.1 Å². The molecule has 0 unspecified atom stereocenters. The van der Waals surface area contributed by atoms with Crippen LogP contribution in [0.25, 0.3) is 0 Å². The SMILES string of the molecule is C[C@@H]1CN(C(=O)c2ccc(F)c(Br)c2)CCN1. The first-order chi connectivity index (χ1) is 8.08. The molecule has 1 aliphatic rings. The number of carbonyl (C=O) groups is 1. The lowest BCUT2D eigenvalue weighted by atomic mass is 10.1. The Kier molecular flexibility index (Phi) is 3.79. The maximum Gasteiger partial charge on any atom is 0.253 e. The average molecular weight is 301 g/mol. The molecule has 17 heavy (non-hydrogen) atoms. The van der Waals surface area contributed by atoms with Gasteiger partial charge in [0, 0.05) is 31.2 Å². The maximum absolute atomic E-state index is 13.1. The van der Waals surface area contributed by atoms with Crippen LogP contribution in [0, 0.1) is 5.82 Å². The van der Waals surface area contributed by atoms with Crippen molar-refractivity contribution in [2.24, 2.45) is 0 Å². The molecule has 3 nitrogen and oxygen atoms in total. The first-order valence-corrected chi connectivity index (χ1v) is 6.35. The molecule has 0 aromatic heterocycles. The van der Waals surface area contributed by atoms with E-state index >= 15 is 0 Å². The molecular formula is C12H14BrFN2O. The van der Waals surface area contributed by atoms with Crippen LogP contribution in [0.3, 0.4) is 0 Å². The van der Waals surface area contributed by atoms with Crippen molar-refractivity contribution in [3.8, 4) is 0 Å². The minimum atomic E-state index is -0.352. The van der Waals surface area contributed by atoms with E-state index in [1.54, 1.807) is 4.90 Å². The fraction of sp³-hybridized carbons (Fsp3) is 0.417. The Balaban J connectivity index is 2.15. The summed E-state index contributed by atoms with van der Waals surface area (Å²) in [6, 6.07) is 4.67. The zero-order valence-electron chi connectivity index (χ0n) is 9.54. The number of nitrogens with zero attached hydrogens (tertiary/aromatic N) is 1. The summed E-state index contributed by atoms with van der Waals surface area (Å²) in [4.78, 5) is 14.0. The van der Waals surface area contributed by atoms with Crippen molar-refractivity contribution in [3.63, 3.8) is 0 Å². The van der Waals surface area contributed by atoms with E-state index in [2.05, 4.69) is 21.2 Å². The molecule has 1 aliphatic heterocycles. The summed E-state index contributed by atoms with van der Waals surface area (Å²) in [6.45, 7) is 4.22.